The van der Waals surface area contributed by atoms with Crippen LogP contribution in [0.1, 0.15) is 64.5 Å². The Morgan fingerprint density at radius 3 is 2.67 bits per heavy atom. The lowest BCUT2D eigenvalue weighted by Crippen LogP contribution is -2.47. The van der Waals surface area contributed by atoms with Crippen molar-refractivity contribution in [2.45, 2.75) is 71.3 Å². The smallest absolute Gasteiger partial charge is 0.307 e. The number of likely N-dealkylation sites (tertiary alicyclic amines) is 1. The van der Waals surface area contributed by atoms with E-state index in [1.54, 1.807) is 30.8 Å². The highest BCUT2D eigenvalue weighted by molar-refractivity contribution is 8.04. The summed E-state index contributed by atoms with van der Waals surface area (Å²) in [5, 5.41) is 6.80. The number of aryl methyl sites for hydroxylation is 1. The number of hydrogen-bond acceptors (Lipinski definition) is 10. The molecule has 0 spiro atoms. The maximum absolute atomic E-state index is 15.9. The molecule has 2 aromatic rings. The summed E-state index contributed by atoms with van der Waals surface area (Å²) in [6.07, 6.45) is 5.99. The molecule has 2 N–H and O–H groups in total. The largest absolute Gasteiger partial charge is 0.466 e. The molecule has 0 radical (unpaired) electrons. The molecular formula is C33H47F2N7O2S. The average Bonchev–Trinajstić information content (AvgIpc) is 3.63. The van der Waals surface area contributed by atoms with Gasteiger partial charge >= 0.3 is 5.97 Å². The highest BCUT2D eigenvalue weighted by Gasteiger charge is 2.32. The fourth-order valence-electron chi connectivity index (χ4n) is 6.44. The van der Waals surface area contributed by atoms with Crippen molar-refractivity contribution >= 4 is 35.1 Å². The summed E-state index contributed by atoms with van der Waals surface area (Å²) in [6.45, 7) is 13.7. The molecule has 45 heavy (non-hydrogen) atoms. The van der Waals surface area contributed by atoms with E-state index in [9.17, 15) is 9.18 Å². The lowest BCUT2D eigenvalue weighted by atomic mass is 10.0. The Morgan fingerprint density at radius 1 is 1.13 bits per heavy atom. The van der Waals surface area contributed by atoms with E-state index in [0.717, 1.165) is 47.7 Å². The SMILES string of the molecule is CCOC(=O)CCN1CCN(c2ncnc(NC3NC(c4cc(F)cc(CC)c4)=C(CN4CCC[C@H]4CC(C)C)S3)c2F)CC1. The number of carbonyl (C=O) groups is 1. The van der Waals surface area contributed by atoms with Crippen molar-refractivity contribution in [3.8, 4) is 0 Å². The molecular weight excluding hydrogens is 596 g/mol. The van der Waals surface area contributed by atoms with Gasteiger partial charge in [-0.15, -0.1) is 0 Å². The van der Waals surface area contributed by atoms with Gasteiger partial charge in [-0.2, -0.15) is 4.39 Å². The van der Waals surface area contributed by atoms with Gasteiger partial charge in [-0.05, 0) is 68.8 Å². The Kier molecular flexibility index (Phi) is 11.5. The number of benzene rings is 1. The normalized spacial score (nSPS) is 21.1. The van der Waals surface area contributed by atoms with Crippen molar-refractivity contribution in [2.24, 2.45) is 5.92 Å². The Bertz CT molecular complexity index is 1350. The number of thioether (sulfide) groups is 1. The maximum atomic E-state index is 15.9. The maximum Gasteiger partial charge on any atom is 0.307 e. The second-order valence-electron chi connectivity index (χ2n) is 12.4. The van der Waals surface area contributed by atoms with Crippen LogP contribution in [0.4, 0.5) is 20.4 Å². The Balaban J connectivity index is 1.28. The molecule has 3 aliphatic rings. The van der Waals surface area contributed by atoms with Crippen LogP contribution in [0.5, 0.6) is 0 Å². The molecule has 246 valence electrons. The molecule has 1 aromatic carbocycles. The minimum atomic E-state index is -0.495. The Labute approximate surface area is 270 Å². The van der Waals surface area contributed by atoms with Crippen LogP contribution in [0.2, 0.25) is 0 Å². The van der Waals surface area contributed by atoms with Crippen LogP contribution < -0.4 is 15.5 Å². The zero-order valence-electron chi connectivity index (χ0n) is 27.0. The molecule has 0 amide bonds. The van der Waals surface area contributed by atoms with Gasteiger partial charge in [-0.25, -0.2) is 14.4 Å². The number of esters is 1. The topological polar surface area (TPSA) is 85.9 Å². The third-order valence-corrected chi connectivity index (χ3v) is 9.80. The molecule has 1 unspecified atom stereocenters. The number of aromatic nitrogens is 2. The molecule has 4 heterocycles. The lowest BCUT2D eigenvalue weighted by molar-refractivity contribution is -0.143. The van der Waals surface area contributed by atoms with Crippen molar-refractivity contribution < 1.29 is 18.3 Å². The van der Waals surface area contributed by atoms with Crippen LogP contribution in [-0.4, -0.2) is 89.7 Å². The highest BCUT2D eigenvalue weighted by atomic mass is 32.2. The van der Waals surface area contributed by atoms with Gasteiger partial charge in [-0.3, -0.25) is 14.6 Å². The molecule has 2 fully saturated rings. The van der Waals surface area contributed by atoms with E-state index in [1.165, 1.54) is 19.2 Å². The standard InChI is InChI=1S/C33H47F2N7O2S/c1-5-23-17-24(19-25(34)18-23)30-27(20-42-10-7-8-26(42)16-22(3)4)45-33(38-30)39-31-29(35)32(37-21-36-31)41-14-12-40(13-15-41)11-9-28(43)44-6-2/h17-19,21-22,26,33,38H,5-16,20H2,1-4H3,(H,36,37,39)/t26-,33?/m0/s1. The number of ether oxygens (including phenoxy) is 1. The van der Waals surface area contributed by atoms with Crippen molar-refractivity contribution in [2.75, 3.05) is 62.6 Å². The van der Waals surface area contributed by atoms with Crippen LogP contribution >= 0.6 is 11.8 Å². The third-order valence-electron chi connectivity index (χ3n) is 8.71. The van der Waals surface area contributed by atoms with Gasteiger partial charge in [0.15, 0.2) is 17.1 Å². The second kappa shape index (κ2) is 15.6. The summed E-state index contributed by atoms with van der Waals surface area (Å²) in [6, 6.07) is 5.73. The summed E-state index contributed by atoms with van der Waals surface area (Å²) in [4.78, 5) is 28.1. The van der Waals surface area contributed by atoms with Crippen LogP contribution in [0.15, 0.2) is 29.4 Å². The summed E-state index contributed by atoms with van der Waals surface area (Å²) in [7, 11) is 0. The molecule has 0 aliphatic carbocycles. The van der Waals surface area contributed by atoms with Crippen LogP contribution in [0.3, 0.4) is 0 Å². The number of nitrogens with one attached hydrogen (secondary N) is 2. The van der Waals surface area contributed by atoms with Gasteiger partial charge in [0.05, 0.1) is 18.7 Å². The van der Waals surface area contributed by atoms with E-state index in [2.05, 4.69) is 44.2 Å². The van der Waals surface area contributed by atoms with Crippen molar-refractivity contribution in [3.05, 3.63) is 52.2 Å². The average molecular weight is 644 g/mol. The number of hydrogen-bond donors (Lipinski definition) is 2. The van der Waals surface area contributed by atoms with E-state index >= 15 is 4.39 Å². The first-order chi connectivity index (χ1) is 21.7. The molecule has 3 aliphatic heterocycles. The Morgan fingerprint density at radius 2 is 1.93 bits per heavy atom. The molecule has 2 saturated heterocycles. The van der Waals surface area contributed by atoms with Gasteiger partial charge in [0.2, 0.25) is 5.82 Å². The van der Waals surface area contributed by atoms with E-state index in [4.69, 9.17) is 4.74 Å². The molecule has 2 atom stereocenters. The van der Waals surface area contributed by atoms with Gasteiger partial charge < -0.3 is 20.3 Å². The molecule has 0 bridgehead atoms. The van der Waals surface area contributed by atoms with Gasteiger partial charge in [0.1, 0.15) is 12.1 Å². The summed E-state index contributed by atoms with van der Waals surface area (Å²) < 4.78 is 35.6. The fourth-order valence-corrected chi connectivity index (χ4v) is 7.60. The van der Waals surface area contributed by atoms with E-state index < -0.39 is 5.82 Å². The predicted molar refractivity (Wildman–Crippen MR) is 177 cm³/mol. The first-order valence-corrected chi connectivity index (χ1v) is 17.2. The van der Waals surface area contributed by atoms with Crippen molar-refractivity contribution in [1.82, 2.24) is 25.1 Å². The van der Waals surface area contributed by atoms with Crippen molar-refractivity contribution in [1.29, 1.82) is 0 Å². The van der Waals surface area contributed by atoms with Crippen molar-refractivity contribution in [3.63, 3.8) is 0 Å². The van der Waals surface area contributed by atoms with E-state index in [1.807, 2.05) is 17.9 Å². The molecule has 1 aromatic heterocycles. The molecule has 5 rings (SSSR count). The number of carbonyl (C=O) groups excluding carboxylic acids is 1. The van der Waals surface area contributed by atoms with Gasteiger partial charge in [0.25, 0.3) is 0 Å². The monoisotopic (exact) mass is 643 g/mol. The van der Waals surface area contributed by atoms with E-state index in [0.29, 0.717) is 57.7 Å². The fraction of sp³-hybridized carbons (Fsp3) is 0.606. The second-order valence-corrected chi connectivity index (χ2v) is 13.6. The first-order valence-electron chi connectivity index (χ1n) is 16.3. The summed E-state index contributed by atoms with van der Waals surface area (Å²) in [5.41, 5.74) is 2.25. The Hall–Kier alpha value is -2.96. The first kappa shape index (κ1) is 33.4. The zero-order chi connectivity index (χ0) is 31.9. The lowest BCUT2D eigenvalue weighted by Gasteiger charge is -2.35. The van der Waals surface area contributed by atoms with Crippen LogP contribution in [-0.2, 0) is 16.0 Å². The molecule has 0 saturated carbocycles. The minimum Gasteiger partial charge on any atom is -0.466 e. The molecule has 9 nitrogen and oxygen atoms in total. The number of piperazine rings is 1. The summed E-state index contributed by atoms with van der Waals surface area (Å²) in [5.74, 6) is 0.0560. The number of nitrogens with zero attached hydrogens (tertiary/aromatic N) is 5. The predicted octanol–water partition coefficient (Wildman–Crippen LogP) is 5.30. The van der Waals surface area contributed by atoms with Crippen LogP contribution in [0, 0.1) is 17.6 Å². The van der Waals surface area contributed by atoms with E-state index in [-0.39, 0.29) is 28.9 Å². The zero-order valence-corrected chi connectivity index (χ0v) is 27.8. The minimum absolute atomic E-state index is 0.127. The molecule has 12 heteroatoms. The quantitative estimate of drug-likeness (QED) is 0.281. The third kappa shape index (κ3) is 8.65. The summed E-state index contributed by atoms with van der Waals surface area (Å²) >= 11 is 1.61. The van der Waals surface area contributed by atoms with Crippen LogP contribution in [0.25, 0.3) is 5.70 Å². The van der Waals surface area contributed by atoms with Gasteiger partial charge in [0, 0.05) is 55.8 Å². The number of halogens is 2. The van der Waals surface area contributed by atoms with Gasteiger partial charge in [-0.1, -0.05) is 32.5 Å². The highest BCUT2D eigenvalue weighted by Crippen LogP contribution is 2.39. The number of anilines is 2. The number of rotatable bonds is 13.